The van der Waals surface area contributed by atoms with Crippen molar-refractivity contribution in [3.63, 3.8) is 0 Å². The Bertz CT molecular complexity index is 754. The third-order valence-electron chi connectivity index (χ3n) is 3.14. The molecule has 0 N–H and O–H groups in total. The summed E-state index contributed by atoms with van der Waals surface area (Å²) in [6, 6.07) is 3.58. The lowest BCUT2D eigenvalue weighted by Crippen LogP contribution is -2.07. The summed E-state index contributed by atoms with van der Waals surface area (Å²) >= 11 is 18.0. The van der Waals surface area contributed by atoms with E-state index >= 15 is 0 Å². The van der Waals surface area contributed by atoms with Crippen LogP contribution in [0.1, 0.15) is 11.7 Å². The summed E-state index contributed by atoms with van der Waals surface area (Å²) in [6.45, 7) is 0.656. The number of alkyl halides is 1. The van der Waals surface area contributed by atoms with Crippen LogP contribution in [0, 0.1) is 0 Å². The zero-order valence-corrected chi connectivity index (χ0v) is 13.2. The van der Waals surface area contributed by atoms with E-state index in [1.165, 1.54) is 6.33 Å². The SMILES string of the molecule is ClCCc1nc2cc(Cl)c(Cl)cc2n1CCc1ncno1. The number of imidazole rings is 1. The Morgan fingerprint density at radius 3 is 2.67 bits per heavy atom. The molecule has 0 atom stereocenters. The predicted molar refractivity (Wildman–Crippen MR) is 82.2 cm³/mol. The monoisotopic (exact) mass is 344 g/mol. The molecular weight excluding hydrogens is 335 g/mol. The van der Waals surface area contributed by atoms with Gasteiger partial charge in [-0.1, -0.05) is 28.4 Å². The van der Waals surface area contributed by atoms with Crippen LogP contribution < -0.4 is 0 Å². The lowest BCUT2D eigenvalue weighted by molar-refractivity contribution is 0.371. The van der Waals surface area contributed by atoms with Crippen LogP contribution in [-0.4, -0.2) is 25.6 Å². The van der Waals surface area contributed by atoms with E-state index in [2.05, 4.69) is 19.7 Å². The quantitative estimate of drug-likeness (QED) is 0.661. The van der Waals surface area contributed by atoms with E-state index in [0.717, 1.165) is 16.9 Å². The predicted octanol–water partition coefficient (Wildman–Crippen LogP) is 3.75. The van der Waals surface area contributed by atoms with Crippen molar-refractivity contribution < 1.29 is 4.52 Å². The van der Waals surface area contributed by atoms with Crippen molar-refractivity contribution in [1.29, 1.82) is 0 Å². The fourth-order valence-corrected chi connectivity index (χ4v) is 2.69. The molecule has 110 valence electrons. The number of rotatable bonds is 5. The molecule has 3 aromatic rings. The molecule has 21 heavy (non-hydrogen) atoms. The van der Waals surface area contributed by atoms with Gasteiger partial charge in [0.25, 0.3) is 0 Å². The van der Waals surface area contributed by atoms with E-state index in [9.17, 15) is 0 Å². The van der Waals surface area contributed by atoms with Gasteiger partial charge in [0.2, 0.25) is 5.89 Å². The minimum absolute atomic E-state index is 0.489. The molecule has 0 unspecified atom stereocenters. The molecule has 5 nitrogen and oxygen atoms in total. The van der Waals surface area contributed by atoms with Crippen molar-refractivity contribution in [3.05, 3.63) is 40.2 Å². The lowest BCUT2D eigenvalue weighted by atomic mass is 10.3. The Hall–Kier alpha value is -1.30. The van der Waals surface area contributed by atoms with E-state index < -0.39 is 0 Å². The number of hydrogen-bond donors (Lipinski definition) is 0. The van der Waals surface area contributed by atoms with Crippen LogP contribution in [0.5, 0.6) is 0 Å². The van der Waals surface area contributed by atoms with Gasteiger partial charge in [-0.2, -0.15) is 4.98 Å². The number of benzene rings is 1. The average Bonchev–Trinajstić information content (AvgIpc) is 3.06. The summed E-state index contributed by atoms with van der Waals surface area (Å²) in [4.78, 5) is 8.59. The molecule has 0 saturated heterocycles. The molecule has 1 aromatic carbocycles. The molecule has 2 heterocycles. The molecule has 0 spiro atoms. The molecule has 8 heteroatoms. The first-order chi connectivity index (χ1) is 10.2. The topological polar surface area (TPSA) is 56.7 Å². The largest absolute Gasteiger partial charge is 0.340 e. The van der Waals surface area contributed by atoms with Crippen molar-refractivity contribution in [2.24, 2.45) is 0 Å². The fourth-order valence-electron chi connectivity index (χ4n) is 2.21. The van der Waals surface area contributed by atoms with Gasteiger partial charge in [0, 0.05) is 25.3 Å². The van der Waals surface area contributed by atoms with Gasteiger partial charge in [0.1, 0.15) is 5.82 Å². The van der Waals surface area contributed by atoms with Gasteiger partial charge in [0.05, 0.1) is 21.1 Å². The first kappa shape index (κ1) is 14.6. The first-order valence-electron chi connectivity index (χ1n) is 6.34. The number of hydrogen-bond acceptors (Lipinski definition) is 4. The molecule has 0 aliphatic rings. The first-order valence-corrected chi connectivity index (χ1v) is 7.63. The molecule has 0 bridgehead atoms. The minimum atomic E-state index is 0.489. The maximum absolute atomic E-state index is 6.11. The second kappa shape index (κ2) is 6.22. The summed E-state index contributed by atoms with van der Waals surface area (Å²) in [5.74, 6) is 1.96. The van der Waals surface area contributed by atoms with Gasteiger partial charge in [0.15, 0.2) is 6.33 Å². The van der Waals surface area contributed by atoms with Gasteiger partial charge >= 0.3 is 0 Å². The van der Waals surface area contributed by atoms with Gasteiger partial charge in [-0.05, 0) is 12.1 Å². The van der Waals surface area contributed by atoms with Crippen LogP contribution in [0.4, 0.5) is 0 Å². The number of aryl methyl sites for hydroxylation is 3. The zero-order chi connectivity index (χ0) is 14.8. The second-order valence-corrected chi connectivity index (χ2v) is 5.65. The van der Waals surface area contributed by atoms with Crippen LogP contribution in [0.15, 0.2) is 23.0 Å². The van der Waals surface area contributed by atoms with Crippen molar-refractivity contribution in [2.45, 2.75) is 19.4 Å². The number of halogens is 3. The third kappa shape index (κ3) is 3.00. The highest BCUT2D eigenvalue weighted by Crippen LogP contribution is 2.28. The third-order valence-corrected chi connectivity index (χ3v) is 4.05. The molecule has 0 radical (unpaired) electrons. The summed E-state index contributed by atoms with van der Waals surface area (Å²) < 4.78 is 7.08. The standard InChI is InChI=1S/C13H11Cl3N4O/c14-3-1-12-19-10-5-8(15)9(16)6-11(10)20(12)4-2-13-17-7-18-21-13/h5-7H,1-4H2. The maximum atomic E-state index is 6.11. The molecule has 0 amide bonds. The number of aromatic nitrogens is 4. The highest BCUT2D eigenvalue weighted by atomic mass is 35.5. The Morgan fingerprint density at radius 2 is 1.95 bits per heavy atom. The molecule has 0 saturated carbocycles. The van der Waals surface area contributed by atoms with Crippen LogP contribution in [0.3, 0.4) is 0 Å². The Balaban J connectivity index is 2.00. The van der Waals surface area contributed by atoms with Gasteiger partial charge in [-0.15, -0.1) is 11.6 Å². The molecule has 0 aliphatic carbocycles. The summed E-state index contributed by atoms with van der Waals surface area (Å²) in [5, 5.41) is 4.59. The number of fused-ring (bicyclic) bond motifs is 1. The van der Waals surface area contributed by atoms with Gasteiger partial charge < -0.3 is 9.09 Å². The zero-order valence-electron chi connectivity index (χ0n) is 10.9. The molecule has 0 aliphatic heterocycles. The van der Waals surface area contributed by atoms with Crippen molar-refractivity contribution >= 4 is 45.8 Å². The van der Waals surface area contributed by atoms with Crippen molar-refractivity contribution in [3.8, 4) is 0 Å². The molecule has 2 aromatic heterocycles. The van der Waals surface area contributed by atoms with E-state index in [0.29, 0.717) is 41.2 Å². The highest BCUT2D eigenvalue weighted by Gasteiger charge is 2.13. The van der Waals surface area contributed by atoms with Crippen LogP contribution in [-0.2, 0) is 19.4 Å². The van der Waals surface area contributed by atoms with Crippen LogP contribution >= 0.6 is 34.8 Å². The smallest absolute Gasteiger partial charge is 0.228 e. The Labute approximate surface area is 135 Å². The summed E-state index contributed by atoms with van der Waals surface area (Å²) in [5.41, 5.74) is 1.72. The van der Waals surface area contributed by atoms with Crippen LogP contribution in [0.2, 0.25) is 10.0 Å². The number of nitrogens with zero attached hydrogens (tertiary/aromatic N) is 4. The van der Waals surface area contributed by atoms with Crippen LogP contribution in [0.25, 0.3) is 11.0 Å². The maximum Gasteiger partial charge on any atom is 0.228 e. The fraction of sp³-hybridized carbons (Fsp3) is 0.308. The Morgan fingerprint density at radius 1 is 1.14 bits per heavy atom. The van der Waals surface area contributed by atoms with Crippen molar-refractivity contribution in [1.82, 2.24) is 19.7 Å². The molecule has 3 rings (SSSR count). The van der Waals surface area contributed by atoms with Gasteiger partial charge in [-0.25, -0.2) is 4.98 Å². The van der Waals surface area contributed by atoms with E-state index in [1.54, 1.807) is 6.07 Å². The van der Waals surface area contributed by atoms with Crippen molar-refractivity contribution in [2.75, 3.05) is 5.88 Å². The van der Waals surface area contributed by atoms with E-state index in [-0.39, 0.29) is 0 Å². The normalized spacial score (nSPS) is 11.4. The van der Waals surface area contributed by atoms with E-state index in [4.69, 9.17) is 39.3 Å². The average molecular weight is 346 g/mol. The summed E-state index contributed by atoms with van der Waals surface area (Å²) in [6.07, 6.45) is 2.66. The lowest BCUT2D eigenvalue weighted by Gasteiger charge is -2.07. The second-order valence-electron chi connectivity index (χ2n) is 4.46. The minimum Gasteiger partial charge on any atom is -0.340 e. The van der Waals surface area contributed by atoms with E-state index in [1.807, 2.05) is 6.07 Å². The molecule has 0 fully saturated rings. The Kier molecular flexibility index (Phi) is 4.33. The summed E-state index contributed by atoms with van der Waals surface area (Å²) in [7, 11) is 0. The highest BCUT2D eigenvalue weighted by molar-refractivity contribution is 6.42. The van der Waals surface area contributed by atoms with Gasteiger partial charge in [-0.3, -0.25) is 0 Å². The molecular formula is C13H11Cl3N4O.